The molecule has 3 nitrogen and oxygen atoms in total. The van der Waals surface area contributed by atoms with Gasteiger partial charge in [0.05, 0.1) is 6.04 Å². The predicted octanol–water partition coefficient (Wildman–Crippen LogP) is 7.58. The molecule has 4 aromatic carbocycles. The van der Waals surface area contributed by atoms with Crippen LogP contribution in [0.15, 0.2) is 120 Å². The summed E-state index contributed by atoms with van der Waals surface area (Å²) < 4.78 is 5.99. The molecule has 1 N–H and O–H groups in total. The van der Waals surface area contributed by atoms with Gasteiger partial charge in [0.2, 0.25) is 0 Å². The van der Waals surface area contributed by atoms with Crippen molar-refractivity contribution in [3.05, 3.63) is 132 Å². The number of halogens is 1. The molecule has 0 radical (unpaired) electrons. The number of nitrogens with zero attached hydrogens (tertiary/aromatic N) is 1. The molecule has 33 heavy (non-hydrogen) atoms. The lowest BCUT2D eigenvalue weighted by molar-refractivity contribution is 0.482. The van der Waals surface area contributed by atoms with Crippen LogP contribution in [-0.2, 0) is 5.75 Å². The molecule has 0 unspecified atom stereocenters. The predicted molar refractivity (Wildman–Crippen MR) is 140 cm³/mol. The summed E-state index contributed by atoms with van der Waals surface area (Å²) in [6.45, 7) is 0. The number of para-hydroxylation sites is 1. The first-order chi connectivity index (χ1) is 15.8. The Morgan fingerprint density at radius 1 is 0.697 bits per heavy atom. The highest BCUT2D eigenvalue weighted by atomic mass is 35.5. The van der Waals surface area contributed by atoms with Crippen molar-refractivity contribution in [1.82, 2.24) is 5.32 Å². The molecule has 1 aliphatic rings. The Morgan fingerprint density at radius 2 is 1.30 bits per heavy atom. The molecule has 0 amide bonds. The SMILES string of the molecule is Cl.c1ccc(Oc2cccc(CSC3=N[C@H](c4ccccc4)[C@H](c4ccccc4)N3)c2)cc1. The van der Waals surface area contributed by atoms with Gasteiger partial charge >= 0.3 is 0 Å². The van der Waals surface area contributed by atoms with Gasteiger partial charge in [-0.1, -0.05) is 103 Å². The van der Waals surface area contributed by atoms with E-state index in [0.29, 0.717) is 0 Å². The molecule has 0 aliphatic carbocycles. The van der Waals surface area contributed by atoms with E-state index in [1.807, 2.05) is 48.5 Å². The van der Waals surface area contributed by atoms with Crippen molar-refractivity contribution in [3.63, 3.8) is 0 Å². The highest BCUT2D eigenvalue weighted by molar-refractivity contribution is 8.13. The van der Waals surface area contributed by atoms with E-state index in [-0.39, 0.29) is 24.5 Å². The number of hydrogen-bond acceptors (Lipinski definition) is 4. The van der Waals surface area contributed by atoms with Crippen LogP contribution in [0.3, 0.4) is 0 Å². The van der Waals surface area contributed by atoms with Gasteiger partial charge in [0.1, 0.15) is 17.5 Å². The van der Waals surface area contributed by atoms with Crippen molar-refractivity contribution in [1.29, 1.82) is 0 Å². The van der Waals surface area contributed by atoms with Crippen LogP contribution in [0.4, 0.5) is 0 Å². The molecular formula is C28H25ClN2OS. The van der Waals surface area contributed by atoms with E-state index in [2.05, 4.69) is 72.0 Å². The average molecular weight is 473 g/mol. The number of thioether (sulfide) groups is 1. The van der Waals surface area contributed by atoms with Gasteiger partial charge in [0.15, 0.2) is 5.17 Å². The lowest BCUT2D eigenvalue weighted by Crippen LogP contribution is -2.22. The van der Waals surface area contributed by atoms with Gasteiger partial charge in [-0.05, 0) is 41.0 Å². The zero-order valence-corrected chi connectivity index (χ0v) is 19.6. The number of amidine groups is 1. The summed E-state index contributed by atoms with van der Waals surface area (Å²) in [5.41, 5.74) is 3.68. The van der Waals surface area contributed by atoms with E-state index in [4.69, 9.17) is 9.73 Å². The van der Waals surface area contributed by atoms with Crippen molar-refractivity contribution < 1.29 is 4.74 Å². The lowest BCUT2D eigenvalue weighted by atomic mass is 9.95. The van der Waals surface area contributed by atoms with Crippen molar-refractivity contribution in [2.75, 3.05) is 0 Å². The molecule has 166 valence electrons. The summed E-state index contributed by atoms with van der Waals surface area (Å²) in [4.78, 5) is 5.06. The Balaban J connectivity index is 0.00000259. The normalized spacial score (nSPS) is 16.9. The molecule has 0 saturated carbocycles. The van der Waals surface area contributed by atoms with Gasteiger partial charge in [-0.3, -0.25) is 4.99 Å². The van der Waals surface area contributed by atoms with E-state index < -0.39 is 0 Å². The van der Waals surface area contributed by atoms with Crippen molar-refractivity contribution >= 4 is 29.3 Å². The smallest absolute Gasteiger partial charge is 0.158 e. The van der Waals surface area contributed by atoms with Crippen LogP contribution in [0.25, 0.3) is 0 Å². The minimum Gasteiger partial charge on any atom is -0.457 e. The molecule has 0 aromatic heterocycles. The van der Waals surface area contributed by atoms with Gasteiger partial charge in [-0.25, -0.2) is 0 Å². The quantitative estimate of drug-likeness (QED) is 0.314. The van der Waals surface area contributed by atoms with Gasteiger partial charge in [-0.15, -0.1) is 12.4 Å². The van der Waals surface area contributed by atoms with Crippen molar-refractivity contribution in [3.8, 4) is 11.5 Å². The molecular weight excluding hydrogens is 448 g/mol. The fraction of sp³-hybridized carbons (Fsp3) is 0.107. The first-order valence-corrected chi connectivity index (χ1v) is 11.7. The maximum absolute atomic E-state index is 5.99. The van der Waals surface area contributed by atoms with Crippen LogP contribution < -0.4 is 10.1 Å². The van der Waals surface area contributed by atoms with Gasteiger partial charge in [-0.2, -0.15) is 0 Å². The van der Waals surface area contributed by atoms with E-state index in [1.165, 1.54) is 16.7 Å². The van der Waals surface area contributed by atoms with Crippen LogP contribution in [0.1, 0.15) is 28.8 Å². The second-order valence-electron chi connectivity index (χ2n) is 7.67. The van der Waals surface area contributed by atoms with Gasteiger partial charge in [0.25, 0.3) is 0 Å². The number of hydrogen-bond donors (Lipinski definition) is 1. The summed E-state index contributed by atoms with van der Waals surface area (Å²) in [7, 11) is 0. The molecule has 1 heterocycles. The van der Waals surface area contributed by atoms with Crippen LogP contribution in [0.2, 0.25) is 0 Å². The second kappa shape index (κ2) is 11.1. The van der Waals surface area contributed by atoms with Crippen LogP contribution in [0.5, 0.6) is 11.5 Å². The van der Waals surface area contributed by atoms with Gasteiger partial charge < -0.3 is 10.1 Å². The number of rotatable bonds is 6. The van der Waals surface area contributed by atoms with E-state index in [1.54, 1.807) is 11.8 Å². The van der Waals surface area contributed by atoms with Gasteiger partial charge in [0, 0.05) is 5.75 Å². The average Bonchev–Trinajstić information content (AvgIpc) is 3.29. The molecule has 2 atom stereocenters. The molecule has 0 saturated heterocycles. The molecule has 4 aromatic rings. The molecule has 5 heteroatoms. The Labute approximate surface area is 205 Å². The third-order valence-electron chi connectivity index (χ3n) is 5.40. The zero-order chi connectivity index (χ0) is 21.6. The fourth-order valence-electron chi connectivity index (χ4n) is 3.85. The zero-order valence-electron chi connectivity index (χ0n) is 18.0. The molecule has 0 fully saturated rings. The number of ether oxygens (including phenoxy) is 1. The first kappa shape index (κ1) is 23.0. The maximum atomic E-state index is 5.99. The minimum atomic E-state index is 0. The third-order valence-corrected chi connectivity index (χ3v) is 6.38. The van der Waals surface area contributed by atoms with E-state index in [0.717, 1.165) is 22.4 Å². The van der Waals surface area contributed by atoms with Crippen LogP contribution in [-0.4, -0.2) is 5.17 Å². The topological polar surface area (TPSA) is 33.6 Å². The minimum absolute atomic E-state index is 0. The second-order valence-corrected chi connectivity index (χ2v) is 8.64. The highest BCUT2D eigenvalue weighted by Gasteiger charge is 2.31. The summed E-state index contributed by atoms with van der Waals surface area (Å²) in [6, 6.07) is 39.4. The summed E-state index contributed by atoms with van der Waals surface area (Å²) >= 11 is 1.73. The number of aliphatic imine (C=N–C) groups is 1. The number of nitrogens with one attached hydrogen (secondary N) is 1. The Hall–Kier alpha value is -3.21. The summed E-state index contributed by atoms with van der Waals surface area (Å²) in [5, 5.41) is 4.64. The molecule has 0 bridgehead atoms. The maximum Gasteiger partial charge on any atom is 0.158 e. The summed E-state index contributed by atoms with van der Waals surface area (Å²) in [5.74, 6) is 2.51. The Bertz CT molecular complexity index is 1190. The largest absolute Gasteiger partial charge is 0.457 e. The van der Waals surface area contributed by atoms with Crippen LogP contribution >= 0.6 is 24.2 Å². The summed E-state index contributed by atoms with van der Waals surface area (Å²) in [6.07, 6.45) is 0. The molecule has 1 aliphatic heterocycles. The standard InChI is InChI=1S/C28H24N2OS.ClH/c1-4-12-22(13-5-1)26-27(23-14-6-2-7-15-23)30-28(29-26)32-20-21-11-10-18-25(19-21)31-24-16-8-3-9-17-24;/h1-19,26-27H,20H2,(H,29,30);1H/t26-,27+;. The Kier molecular flexibility index (Phi) is 7.71. The number of benzene rings is 4. The third kappa shape index (κ3) is 5.78. The lowest BCUT2D eigenvalue weighted by Gasteiger charge is -2.19. The van der Waals surface area contributed by atoms with Crippen LogP contribution in [0, 0.1) is 0 Å². The Morgan fingerprint density at radius 3 is 2.00 bits per heavy atom. The first-order valence-electron chi connectivity index (χ1n) is 10.7. The van der Waals surface area contributed by atoms with E-state index in [9.17, 15) is 0 Å². The van der Waals surface area contributed by atoms with E-state index >= 15 is 0 Å². The molecule has 0 spiro atoms. The fourth-order valence-corrected chi connectivity index (χ4v) is 4.73. The monoisotopic (exact) mass is 472 g/mol. The van der Waals surface area contributed by atoms with Crippen molar-refractivity contribution in [2.45, 2.75) is 17.8 Å². The van der Waals surface area contributed by atoms with Crippen molar-refractivity contribution in [2.24, 2.45) is 4.99 Å². The highest BCUT2D eigenvalue weighted by Crippen LogP contribution is 2.38. The molecule has 5 rings (SSSR count).